The molecule has 2 atom stereocenters. The second-order valence-corrected chi connectivity index (χ2v) is 2.26. The Morgan fingerprint density at radius 3 is 2.00 bits per heavy atom. The zero-order valence-electron chi connectivity index (χ0n) is 4.22. The molecule has 56 valence electrons. The van der Waals surface area contributed by atoms with Gasteiger partial charge in [0.05, 0.1) is 0 Å². The van der Waals surface area contributed by atoms with Crippen molar-refractivity contribution < 1.29 is 21.9 Å². The fourth-order valence-corrected chi connectivity index (χ4v) is 0.608. The van der Waals surface area contributed by atoms with Crippen molar-refractivity contribution >= 4 is 11.1 Å². The van der Waals surface area contributed by atoms with Crippen molar-refractivity contribution in [1.82, 2.24) is 0 Å². The van der Waals surface area contributed by atoms with E-state index in [0.29, 0.717) is 0 Å². The molecule has 0 rings (SSSR count). The first kappa shape index (κ1) is 8.90. The van der Waals surface area contributed by atoms with Crippen LogP contribution in [0.5, 0.6) is 0 Å². The highest BCUT2D eigenvalue weighted by molar-refractivity contribution is 7.79. The van der Waals surface area contributed by atoms with Crippen molar-refractivity contribution in [2.45, 2.75) is 12.6 Å². The number of rotatable bonds is 3. The Kier molecular flexibility index (Phi) is 3.79. The molecule has 0 bridgehead atoms. The molecule has 6 heteroatoms. The van der Waals surface area contributed by atoms with E-state index in [1.165, 1.54) is 0 Å². The molecule has 2 unspecified atom stereocenters. The summed E-state index contributed by atoms with van der Waals surface area (Å²) in [6.07, 6.45) is -5.76. The molecule has 0 aliphatic rings. The van der Waals surface area contributed by atoms with Gasteiger partial charge in [0.25, 0.3) is 6.43 Å². The lowest BCUT2D eigenvalue weighted by molar-refractivity contribution is 0.0616. The SMILES string of the molecule is O=S([O-])CC(F)C(F)F. The van der Waals surface area contributed by atoms with Gasteiger partial charge >= 0.3 is 0 Å². The van der Waals surface area contributed by atoms with Gasteiger partial charge in [0.15, 0.2) is 6.17 Å². The van der Waals surface area contributed by atoms with Gasteiger partial charge in [-0.25, -0.2) is 13.2 Å². The Morgan fingerprint density at radius 2 is 1.89 bits per heavy atom. The molecule has 0 N–H and O–H groups in total. The van der Waals surface area contributed by atoms with E-state index in [2.05, 4.69) is 0 Å². The monoisotopic (exact) mass is 161 g/mol. The van der Waals surface area contributed by atoms with Crippen LogP contribution in [0.1, 0.15) is 0 Å². The Balaban J connectivity index is 3.50. The highest BCUT2D eigenvalue weighted by atomic mass is 32.2. The van der Waals surface area contributed by atoms with E-state index < -0.39 is 29.4 Å². The summed E-state index contributed by atoms with van der Waals surface area (Å²) in [5, 5.41) is 0. The summed E-state index contributed by atoms with van der Waals surface area (Å²) in [5.41, 5.74) is 0. The average Bonchev–Trinajstić information content (AvgIpc) is 1.63. The third-order valence-corrected chi connectivity index (χ3v) is 1.16. The molecule has 0 aromatic rings. The van der Waals surface area contributed by atoms with E-state index in [0.717, 1.165) is 0 Å². The first-order chi connectivity index (χ1) is 4.04. The molecule has 0 spiro atoms. The molecule has 0 aliphatic carbocycles. The van der Waals surface area contributed by atoms with E-state index in [9.17, 15) is 21.9 Å². The van der Waals surface area contributed by atoms with Crippen molar-refractivity contribution in [1.29, 1.82) is 0 Å². The maximum absolute atomic E-state index is 11.6. The molecule has 2 nitrogen and oxygen atoms in total. The Hall–Kier alpha value is -0.100. The molecule has 0 fully saturated rings. The van der Waals surface area contributed by atoms with E-state index >= 15 is 0 Å². The molecule has 0 aromatic heterocycles. The van der Waals surface area contributed by atoms with Crippen LogP contribution in [0.25, 0.3) is 0 Å². The summed E-state index contributed by atoms with van der Waals surface area (Å²) in [5.74, 6) is -1.13. The zero-order valence-corrected chi connectivity index (χ0v) is 5.04. The van der Waals surface area contributed by atoms with Gasteiger partial charge in [-0.05, 0) is 0 Å². The first-order valence-electron chi connectivity index (χ1n) is 2.02. The predicted molar refractivity (Wildman–Crippen MR) is 24.7 cm³/mol. The van der Waals surface area contributed by atoms with Crippen LogP contribution in [0.2, 0.25) is 0 Å². The smallest absolute Gasteiger partial charge is 0.270 e. The van der Waals surface area contributed by atoms with Gasteiger partial charge in [-0.3, -0.25) is 4.21 Å². The van der Waals surface area contributed by atoms with Crippen LogP contribution in [-0.4, -0.2) is 27.1 Å². The van der Waals surface area contributed by atoms with Gasteiger partial charge in [-0.2, -0.15) is 0 Å². The van der Waals surface area contributed by atoms with E-state index in [1.807, 2.05) is 0 Å². The average molecular weight is 161 g/mol. The lowest BCUT2D eigenvalue weighted by atomic mass is 10.5. The predicted octanol–water partition coefficient (Wildman–Crippen LogP) is 0.469. The second kappa shape index (κ2) is 3.84. The van der Waals surface area contributed by atoms with E-state index in [-0.39, 0.29) is 0 Å². The van der Waals surface area contributed by atoms with Gasteiger partial charge in [0.2, 0.25) is 0 Å². The maximum Gasteiger partial charge on any atom is 0.270 e. The number of hydrogen-bond acceptors (Lipinski definition) is 2. The van der Waals surface area contributed by atoms with Gasteiger partial charge in [-0.15, -0.1) is 0 Å². The van der Waals surface area contributed by atoms with Crippen molar-refractivity contribution in [3.63, 3.8) is 0 Å². The normalized spacial score (nSPS) is 17.9. The van der Waals surface area contributed by atoms with Gasteiger partial charge < -0.3 is 4.55 Å². The number of alkyl halides is 3. The quantitative estimate of drug-likeness (QED) is 0.564. The van der Waals surface area contributed by atoms with Crippen molar-refractivity contribution in [3.05, 3.63) is 0 Å². The van der Waals surface area contributed by atoms with Crippen LogP contribution in [0.3, 0.4) is 0 Å². The summed E-state index contributed by atoms with van der Waals surface area (Å²) in [4.78, 5) is 0. The first-order valence-corrected chi connectivity index (χ1v) is 3.26. The fourth-order valence-electron chi connectivity index (χ4n) is 0.203. The topological polar surface area (TPSA) is 40.1 Å². The summed E-state index contributed by atoms with van der Waals surface area (Å²) >= 11 is -2.72. The number of halogens is 3. The molecular formula is C3H4F3O2S-. The lowest BCUT2D eigenvalue weighted by Gasteiger charge is -2.07. The molecule has 9 heavy (non-hydrogen) atoms. The summed E-state index contributed by atoms with van der Waals surface area (Å²) in [6, 6.07) is 0. The fraction of sp³-hybridized carbons (Fsp3) is 1.00. The van der Waals surface area contributed by atoms with Crippen LogP contribution in [0.15, 0.2) is 0 Å². The summed E-state index contributed by atoms with van der Waals surface area (Å²) in [6.45, 7) is 0. The lowest BCUT2D eigenvalue weighted by Crippen LogP contribution is -2.19. The summed E-state index contributed by atoms with van der Waals surface area (Å²) < 4.78 is 53.0. The van der Waals surface area contributed by atoms with Gasteiger partial charge in [-0.1, -0.05) is 11.1 Å². The molecular weight excluding hydrogens is 157 g/mol. The van der Waals surface area contributed by atoms with Crippen molar-refractivity contribution in [2.24, 2.45) is 0 Å². The Labute approximate surface area is 52.3 Å². The standard InChI is InChI=1S/C3H5F3O2S/c4-2(3(5)6)1-9(7)8/h2-3H,1H2,(H,7,8)/p-1. The minimum absolute atomic E-state index is 1.13. The minimum atomic E-state index is -3.21. The van der Waals surface area contributed by atoms with Crippen LogP contribution in [-0.2, 0) is 11.1 Å². The molecule has 0 saturated carbocycles. The zero-order chi connectivity index (χ0) is 7.44. The largest absolute Gasteiger partial charge is 0.772 e. The Morgan fingerprint density at radius 1 is 1.44 bits per heavy atom. The molecule has 0 heterocycles. The molecule has 0 aromatic carbocycles. The molecule has 0 saturated heterocycles. The van der Waals surface area contributed by atoms with E-state index in [1.54, 1.807) is 0 Å². The van der Waals surface area contributed by atoms with Crippen molar-refractivity contribution in [2.75, 3.05) is 5.75 Å². The third-order valence-electron chi connectivity index (χ3n) is 0.569. The van der Waals surface area contributed by atoms with Crippen LogP contribution in [0, 0.1) is 0 Å². The second-order valence-electron chi connectivity index (χ2n) is 1.32. The van der Waals surface area contributed by atoms with Crippen LogP contribution >= 0.6 is 0 Å². The number of hydrogen-bond donors (Lipinski definition) is 0. The Bertz CT molecular complexity index is 107. The van der Waals surface area contributed by atoms with Crippen LogP contribution in [0.4, 0.5) is 13.2 Å². The highest BCUT2D eigenvalue weighted by Gasteiger charge is 2.18. The third kappa shape index (κ3) is 4.41. The molecule has 0 aliphatic heterocycles. The molecule has 0 amide bonds. The highest BCUT2D eigenvalue weighted by Crippen LogP contribution is 2.05. The van der Waals surface area contributed by atoms with Crippen molar-refractivity contribution in [3.8, 4) is 0 Å². The van der Waals surface area contributed by atoms with Gasteiger partial charge in [0.1, 0.15) is 0 Å². The maximum atomic E-state index is 11.6. The summed E-state index contributed by atoms with van der Waals surface area (Å²) in [7, 11) is 0. The van der Waals surface area contributed by atoms with Gasteiger partial charge in [0, 0.05) is 5.75 Å². The van der Waals surface area contributed by atoms with Crippen LogP contribution < -0.4 is 0 Å². The minimum Gasteiger partial charge on any atom is -0.772 e. The van der Waals surface area contributed by atoms with E-state index in [4.69, 9.17) is 0 Å². The molecule has 0 radical (unpaired) electrons.